The summed E-state index contributed by atoms with van der Waals surface area (Å²) in [7, 11) is 0. The zero-order valence-electron chi connectivity index (χ0n) is 21.8. The van der Waals surface area contributed by atoms with Gasteiger partial charge in [0, 0.05) is 30.9 Å². The number of rotatable bonds is 2. The molecule has 10 nitrogen and oxygen atoms in total. The van der Waals surface area contributed by atoms with Crippen LogP contribution < -0.4 is 10.2 Å². The third-order valence-electron chi connectivity index (χ3n) is 7.74. The Hall–Kier alpha value is -3.13. The van der Waals surface area contributed by atoms with Crippen LogP contribution in [0.1, 0.15) is 56.5 Å². The van der Waals surface area contributed by atoms with E-state index in [1.807, 2.05) is 49.9 Å². The molecule has 1 saturated heterocycles. The number of fused-ring (bicyclic) bond motifs is 2. The lowest BCUT2D eigenvalue weighted by Gasteiger charge is -2.49. The molecule has 1 fully saturated rings. The minimum absolute atomic E-state index is 0.0000800. The molecule has 1 amide bonds. The molecule has 2 aliphatic heterocycles. The highest BCUT2D eigenvalue weighted by molar-refractivity contribution is 6.28. The molecule has 1 aromatic carbocycles. The number of para-hydroxylation sites is 1. The van der Waals surface area contributed by atoms with Gasteiger partial charge in [-0.05, 0) is 63.3 Å². The van der Waals surface area contributed by atoms with Gasteiger partial charge < -0.3 is 30.1 Å². The summed E-state index contributed by atoms with van der Waals surface area (Å²) in [4.78, 5) is 25.4. The number of aromatic nitrogens is 2. The molecule has 5 rings (SSSR count). The summed E-state index contributed by atoms with van der Waals surface area (Å²) in [5, 5.41) is 35.4. The molecule has 3 heterocycles. The highest BCUT2D eigenvalue weighted by atomic mass is 35.5. The van der Waals surface area contributed by atoms with Crippen molar-refractivity contribution < 1.29 is 19.7 Å². The number of hydrogen-bond donors (Lipinski definition) is 3. The first-order valence-electron chi connectivity index (χ1n) is 12.9. The molecule has 0 radical (unpaired) electrons. The van der Waals surface area contributed by atoms with Crippen molar-refractivity contribution in [3.63, 3.8) is 0 Å². The van der Waals surface area contributed by atoms with Gasteiger partial charge in [0.2, 0.25) is 5.28 Å². The lowest BCUT2D eigenvalue weighted by Crippen LogP contribution is -2.56. The molecule has 0 saturated carbocycles. The van der Waals surface area contributed by atoms with Gasteiger partial charge in [-0.3, -0.25) is 0 Å². The minimum atomic E-state index is -1.07. The Kier molecular flexibility index (Phi) is 6.88. The van der Waals surface area contributed by atoms with Gasteiger partial charge in [-0.2, -0.15) is 5.26 Å². The summed E-state index contributed by atoms with van der Waals surface area (Å²) in [5.74, 6) is 0.597. The van der Waals surface area contributed by atoms with Crippen LogP contribution >= 0.6 is 11.6 Å². The van der Waals surface area contributed by atoms with Crippen molar-refractivity contribution in [2.24, 2.45) is 5.41 Å². The fraction of sp³-hybridized carbons (Fsp3) is 0.556. The zero-order chi connectivity index (χ0) is 27.2. The second kappa shape index (κ2) is 9.88. The first-order chi connectivity index (χ1) is 18.0. The smallest absolute Gasteiger partial charge is 0.410 e. The van der Waals surface area contributed by atoms with E-state index in [-0.39, 0.29) is 11.7 Å². The van der Waals surface area contributed by atoms with Crippen molar-refractivity contribution in [1.29, 1.82) is 5.26 Å². The molecular formula is C27H33ClN6O4. The van der Waals surface area contributed by atoms with Gasteiger partial charge in [0.15, 0.2) is 0 Å². The number of nitriles is 1. The van der Waals surface area contributed by atoms with Gasteiger partial charge in [0.25, 0.3) is 0 Å². The first kappa shape index (κ1) is 26.5. The molecule has 3 unspecified atom stereocenters. The number of amides is 1. The van der Waals surface area contributed by atoms with Gasteiger partial charge in [-0.15, -0.1) is 0 Å². The summed E-state index contributed by atoms with van der Waals surface area (Å²) in [6.07, 6.45) is -0.796. The van der Waals surface area contributed by atoms with Crippen molar-refractivity contribution in [3.8, 4) is 6.07 Å². The maximum Gasteiger partial charge on any atom is 0.410 e. The predicted molar refractivity (Wildman–Crippen MR) is 142 cm³/mol. The van der Waals surface area contributed by atoms with E-state index in [0.717, 1.165) is 16.8 Å². The summed E-state index contributed by atoms with van der Waals surface area (Å²) in [5.41, 5.74) is 1.57. The molecule has 1 spiro atoms. The van der Waals surface area contributed by atoms with Crippen LogP contribution in [0.5, 0.6) is 0 Å². The third kappa shape index (κ3) is 4.75. The van der Waals surface area contributed by atoms with Gasteiger partial charge in [-0.1, -0.05) is 18.2 Å². The molecule has 1 aromatic heterocycles. The zero-order valence-corrected chi connectivity index (χ0v) is 22.6. The van der Waals surface area contributed by atoms with E-state index in [1.165, 1.54) is 0 Å². The lowest BCUT2D eigenvalue weighted by molar-refractivity contribution is -0.0781. The highest BCUT2D eigenvalue weighted by Gasteiger charge is 2.52. The van der Waals surface area contributed by atoms with Crippen LogP contribution in [0.2, 0.25) is 5.28 Å². The molecule has 1 aliphatic carbocycles. The summed E-state index contributed by atoms with van der Waals surface area (Å²) in [6.45, 7) is 6.61. The molecule has 3 N–H and O–H groups in total. The van der Waals surface area contributed by atoms with Crippen molar-refractivity contribution >= 4 is 29.2 Å². The number of ether oxygens (including phenoxy) is 1. The van der Waals surface area contributed by atoms with Crippen molar-refractivity contribution in [2.75, 3.05) is 29.9 Å². The second-order valence-electron chi connectivity index (χ2n) is 11.3. The number of carbonyl (C=O) groups excluding carboxylic acids is 1. The number of hydrogen-bond acceptors (Lipinski definition) is 9. The van der Waals surface area contributed by atoms with Gasteiger partial charge in [-0.25, -0.2) is 14.8 Å². The summed E-state index contributed by atoms with van der Waals surface area (Å²) < 4.78 is 5.57. The van der Waals surface area contributed by atoms with Crippen molar-refractivity contribution in [2.45, 2.75) is 70.4 Å². The van der Waals surface area contributed by atoms with Crippen LogP contribution in [-0.4, -0.2) is 68.7 Å². The minimum Gasteiger partial charge on any atom is -0.444 e. The topological polar surface area (TPSA) is 135 Å². The Morgan fingerprint density at radius 2 is 2.05 bits per heavy atom. The standard InChI is InChI=1S/C27H33ClN6O4/c1-26(2,3)38-25(37)34-13-12-33(15-17(34)9-11-29)22-18-8-10-27(21(35)20(18)31-24(28)32-22)14-16-6-4-5-7-19(16)30-23(27)36/h4-7,17,21,23,30,35-36H,8-10,12-15H2,1-3H3/t17-,21?,23?,27?/m0/s1. The number of nitrogens with one attached hydrogen (secondary N) is 1. The molecule has 0 bridgehead atoms. The fourth-order valence-corrected chi connectivity index (χ4v) is 6.04. The van der Waals surface area contributed by atoms with E-state index in [1.54, 1.807) is 4.90 Å². The largest absolute Gasteiger partial charge is 0.444 e. The molecule has 4 atom stereocenters. The highest BCUT2D eigenvalue weighted by Crippen LogP contribution is 2.52. The monoisotopic (exact) mass is 540 g/mol. The van der Waals surface area contributed by atoms with Gasteiger partial charge >= 0.3 is 6.09 Å². The van der Waals surface area contributed by atoms with E-state index < -0.39 is 35.5 Å². The Balaban J connectivity index is 1.44. The quantitative estimate of drug-likeness (QED) is 0.489. The van der Waals surface area contributed by atoms with Crippen LogP contribution in [-0.2, 0) is 17.6 Å². The molecule has 11 heteroatoms. The average molecular weight is 541 g/mol. The van der Waals surface area contributed by atoms with Crippen LogP contribution in [0, 0.1) is 16.7 Å². The number of piperazine rings is 1. The molecule has 3 aliphatic rings. The van der Waals surface area contributed by atoms with Crippen LogP contribution in [0.4, 0.5) is 16.3 Å². The van der Waals surface area contributed by atoms with Crippen LogP contribution in [0.3, 0.4) is 0 Å². The van der Waals surface area contributed by atoms with E-state index >= 15 is 0 Å². The number of aliphatic hydroxyl groups excluding tert-OH is 2. The Morgan fingerprint density at radius 1 is 1.29 bits per heavy atom. The molecule has 202 valence electrons. The summed E-state index contributed by atoms with van der Waals surface area (Å²) in [6, 6.07) is 9.55. The van der Waals surface area contributed by atoms with E-state index in [2.05, 4.69) is 21.4 Å². The third-order valence-corrected chi connectivity index (χ3v) is 7.91. The average Bonchev–Trinajstić information content (AvgIpc) is 2.85. The van der Waals surface area contributed by atoms with E-state index in [4.69, 9.17) is 16.3 Å². The van der Waals surface area contributed by atoms with E-state index in [9.17, 15) is 20.3 Å². The van der Waals surface area contributed by atoms with E-state index in [0.29, 0.717) is 50.4 Å². The molecule has 2 aromatic rings. The predicted octanol–water partition coefficient (Wildman–Crippen LogP) is 3.42. The van der Waals surface area contributed by atoms with Crippen molar-refractivity contribution in [3.05, 3.63) is 46.4 Å². The second-order valence-corrected chi connectivity index (χ2v) is 11.7. The number of halogens is 1. The normalized spacial score (nSPS) is 26.7. The van der Waals surface area contributed by atoms with Crippen molar-refractivity contribution in [1.82, 2.24) is 14.9 Å². The fourth-order valence-electron chi connectivity index (χ4n) is 5.87. The van der Waals surface area contributed by atoms with Crippen LogP contribution in [0.25, 0.3) is 0 Å². The number of anilines is 2. The van der Waals surface area contributed by atoms with Gasteiger partial charge in [0.1, 0.15) is 23.8 Å². The van der Waals surface area contributed by atoms with Crippen LogP contribution in [0.15, 0.2) is 24.3 Å². The van der Waals surface area contributed by atoms with Gasteiger partial charge in [0.05, 0.1) is 29.6 Å². The Morgan fingerprint density at radius 3 is 2.79 bits per heavy atom. The maximum absolute atomic E-state index is 12.8. The number of benzene rings is 1. The first-order valence-corrected chi connectivity index (χ1v) is 13.3. The number of aliphatic hydroxyl groups is 2. The summed E-state index contributed by atoms with van der Waals surface area (Å²) >= 11 is 6.39. The number of carbonyl (C=O) groups is 1. The lowest BCUT2D eigenvalue weighted by atomic mass is 9.64. The molecule has 38 heavy (non-hydrogen) atoms. The molecular weight excluding hydrogens is 508 g/mol. The SMILES string of the molecule is CC(C)(C)OC(=O)N1CCN(c2nc(Cl)nc3c2CCC2(Cc4ccccc4NC2O)C3O)C[C@@H]1CC#N. The number of nitrogens with zero attached hydrogens (tertiary/aromatic N) is 5. The maximum atomic E-state index is 12.8. The Bertz CT molecular complexity index is 1280. The Labute approximate surface area is 227 Å².